The van der Waals surface area contributed by atoms with Gasteiger partial charge < -0.3 is 13.9 Å². The van der Waals surface area contributed by atoms with Crippen molar-refractivity contribution in [2.75, 3.05) is 0 Å². The molecule has 6 nitrogen and oxygen atoms in total. The van der Waals surface area contributed by atoms with Gasteiger partial charge in [-0.2, -0.15) is 0 Å². The van der Waals surface area contributed by atoms with E-state index in [0.717, 1.165) is 105 Å². The lowest BCUT2D eigenvalue weighted by Gasteiger charge is -2.28. The van der Waals surface area contributed by atoms with Gasteiger partial charge >= 0.3 is 0 Å². The lowest BCUT2D eigenvalue weighted by molar-refractivity contribution is 0.446. The first-order valence-electron chi connectivity index (χ1n) is 24.7. The van der Waals surface area contributed by atoms with Gasteiger partial charge in [-0.3, -0.25) is 4.57 Å². The molecule has 0 unspecified atom stereocenters. The SMILES string of the molecule is CC(C)c1cc(-c2ccccc2)cc(C(C)C)c1-n1c(-c2cc(C(C)(C)C)cc(C(C)(C)C)c2O)nc2c(-c3ccc4c(n3)c3cc5oc6ccccc6c5cc3c3oc5ccccc5c43)cccc21. The molecule has 346 valence electrons. The van der Waals surface area contributed by atoms with Crippen molar-refractivity contribution in [1.82, 2.24) is 14.5 Å². The second kappa shape index (κ2) is 15.7. The minimum absolute atomic E-state index is 0.161. The van der Waals surface area contributed by atoms with E-state index in [1.54, 1.807) is 0 Å². The number of hydrogen-bond acceptors (Lipinski definition) is 5. The van der Waals surface area contributed by atoms with Crippen molar-refractivity contribution in [3.8, 4) is 45.2 Å². The van der Waals surface area contributed by atoms with Gasteiger partial charge in [0.15, 0.2) is 0 Å². The number of fused-ring (bicyclic) bond motifs is 12. The first kappa shape index (κ1) is 43.6. The molecule has 0 aliphatic carbocycles. The molecule has 0 atom stereocenters. The van der Waals surface area contributed by atoms with Crippen molar-refractivity contribution < 1.29 is 13.9 Å². The number of hydrogen-bond donors (Lipinski definition) is 1. The topological polar surface area (TPSA) is 77.2 Å². The van der Waals surface area contributed by atoms with E-state index in [2.05, 4.69) is 195 Å². The quantitative estimate of drug-likeness (QED) is 0.168. The number of aromatic nitrogens is 3. The first-order valence-corrected chi connectivity index (χ1v) is 24.7. The van der Waals surface area contributed by atoms with Crippen molar-refractivity contribution >= 4 is 76.6 Å². The van der Waals surface area contributed by atoms with Gasteiger partial charge in [-0.15, -0.1) is 0 Å². The Bertz CT molecular complexity index is 4070. The van der Waals surface area contributed by atoms with Crippen molar-refractivity contribution in [2.45, 2.75) is 91.9 Å². The number of furan rings is 2. The van der Waals surface area contributed by atoms with Gasteiger partial charge in [0.05, 0.1) is 33.5 Å². The smallest absolute Gasteiger partial charge is 0.149 e. The van der Waals surface area contributed by atoms with E-state index >= 15 is 0 Å². The zero-order valence-electron chi connectivity index (χ0n) is 41.6. The molecule has 0 radical (unpaired) electrons. The average Bonchev–Trinajstić information content (AvgIpc) is 4.04. The third kappa shape index (κ3) is 6.75. The summed E-state index contributed by atoms with van der Waals surface area (Å²) in [6, 6.07) is 51.4. The number of imidazole rings is 1. The van der Waals surface area contributed by atoms with E-state index in [1.807, 2.05) is 24.3 Å². The highest BCUT2D eigenvalue weighted by atomic mass is 16.3. The fourth-order valence-corrected chi connectivity index (χ4v) is 10.8. The van der Waals surface area contributed by atoms with Crippen molar-refractivity contribution in [3.63, 3.8) is 0 Å². The fourth-order valence-electron chi connectivity index (χ4n) is 10.8. The summed E-state index contributed by atoms with van der Waals surface area (Å²) in [6.45, 7) is 22.3. The van der Waals surface area contributed by atoms with Gasteiger partial charge in [0.1, 0.15) is 33.9 Å². The van der Waals surface area contributed by atoms with Crippen LogP contribution in [-0.2, 0) is 10.8 Å². The molecule has 4 aromatic heterocycles. The maximum atomic E-state index is 12.7. The average molecular weight is 916 g/mol. The molecule has 12 rings (SSSR count). The predicted octanol–water partition coefficient (Wildman–Crippen LogP) is 18.1. The van der Waals surface area contributed by atoms with Crippen molar-refractivity contribution in [3.05, 3.63) is 168 Å². The number of para-hydroxylation sites is 3. The van der Waals surface area contributed by atoms with Crippen LogP contribution in [-0.4, -0.2) is 19.6 Å². The molecule has 12 aromatic rings. The second-order valence-corrected chi connectivity index (χ2v) is 21.9. The summed E-state index contributed by atoms with van der Waals surface area (Å²) in [6.07, 6.45) is 0. The Morgan fingerprint density at radius 3 is 1.86 bits per heavy atom. The molecule has 4 heterocycles. The van der Waals surface area contributed by atoms with Crippen LogP contribution in [0, 0.1) is 0 Å². The maximum Gasteiger partial charge on any atom is 0.149 e. The van der Waals surface area contributed by atoms with Gasteiger partial charge in [-0.05, 0) is 111 Å². The monoisotopic (exact) mass is 915 g/mol. The highest BCUT2D eigenvalue weighted by Crippen LogP contribution is 2.48. The Labute approximate surface area is 408 Å². The summed E-state index contributed by atoms with van der Waals surface area (Å²) in [5.41, 5.74) is 15.7. The Morgan fingerprint density at radius 1 is 0.500 bits per heavy atom. The third-order valence-electron chi connectivity index (χ3n) is 14.5. The van der Waals surface area contributed by atoms with Crippen LogP contribution in [0.5, 0.6) is 5.75 Å². The zero-order chi connectivity index (χ0) is 48.5. The molecule has 0 fully saturated rings. The molecule has 0 aliphatic heterocycles. The second-order valence-electron chi connectivity index (χ2n) is 21.9. The molecule has 8 aromatic carbocycles. The summed E-state index contributed by atoms with van der Waals surface area (Å²) in [5.74, 6) is 1.26. The Hall–Kier alpha value is -7.70. The van der Waals surface area contributed by atoms with Gasteiger partial charge in [0.25, 0.3) is 0 Å². The van der Waals surface area contributed by atoms with E-state index in [1.165, 1.54) is 22.3 Å². The van der Waals surface area contributed by atoms with Gasteiger partial charge in [0.2, 0.25) is 0 Å². The minimum atomic E-state index is -0.344. The molecule has 1 N–H and O–H groups in total. The van der Waals surface area contributed by atoms with Crippen LogP contribution in [0.3, 0.4) is 0 Å². The number of rotatable bonds is 6. The van der Waals surface area contributed by atoms with Gasteiger partial charge in [-0.1, -0.05) is 154 Å². The molecule has 0 amide bonds. The molecular weight excluding hydrogens is 859 g/mol. The summed E-state index contributed by atoms with van der Waals surface area (Å²) >= 11 is 0. The fraction of sp³-hybridized carbons (Fsp3) is 0.219. The number of aromatic hydroxyl groups is 1. The van der Waals surface area contributed by atoms with Crippen LogP contribution in [0.1, 0.15) is 103 Å². The first-order chi connectivity index (χ1) is 33.5. The molecule has 0 saturated heterocycles. The number of benzene rings is 8. The number of nitrogens with zero attached hydrogens (tertiary/aromatic N) is 3. The van der Waals surface area contributed by atoms with Crippen LogP contribution in [0.4, 0.5) is 0 Å². The predicted molar refractivity (Wildman–Crippen MR) is 292 cm³/mol. The molecule has 0 bridgehead atoms. The van der Waals surface area contributed by atoms with Crippen LogP contribution in [0.15, 0.2) is 154 Å². The lowest BCUT2D eigenvalue weighted by atomic mass is 9.78. The number of phenols is 1. The summed E-state index contributed by atoms with van der Waals surface area (Å²) in [4.78, 5) is 11.4. The summed E-state index contributed by atoms with van der Waals surface area (Å²) in [7, 11) is 0. The third-order valence-corrected chi connectivity index (χ3v) is 14.5. The molecule has 70 heavy (non-hydrogen) atoms. The Balaban J connectivity index is 1.20. The molecule has 0 saturated carbocycles. The van der Waals surface area contributed by atoms with Crippen LogP contribution < -0.4 is 0 Å². The minimum Gasteiger partial charge on any atom is -0.507 e. The van der Waals surface area contributed by atoms with E-state index in [0.29, 0.717) is 11.4 Å². The summed E-state index contributed by atoms with van der Waals surface area (Å²) < 4.78 is 15.6. The summed E-state index contributed by atoms with van der Waals surface area (Å²) in [5, 5.41) is 19.8. The Morgan fingerprint density at radius 2 is 1.17 bits per heavy atom. The highest BCUT2D eigenvalue weighted by molar-refractivity contribution is 6.31. The van der Waals surface area contributed by atoms with E-state index in [4.69, 9.17) is 18.8 Å². The van der Waals surface area contributed by atoms with Gasteiger partial charge in [-0.25, -0.2) is 9.97 Å². The largest absolute Gasteiger partial charge is 0.507 e. The molecule has 0 spiro atoms. The van der Waals surface area contributed by atoms with E-state index in [-0.39, 0.29) is 28.4 Å². The van der Waals surface area contributed by atoms with Crippen molar-refractivity contribution in [1.29, 1.82) is 0 Å². The van der Waals surface area contributed by atoms with Gasteiger partial charge in [0, 0.05) is 48.8 Å². The Kier molecular flexibility index (Phi) is 9.75. The molecule has 0 aliphatic rings. The highest BCUT2D eigenvalue weighted by Gasteiger charge is 2.31. The standard InChI is InChI=1S/C64H57N3O3/c1-35(2)44-29-38(37-19-12-11-13-20-37)30-45(36(3)4)59(44)67-52-24-18-23-41(58(52)66-62(67)49-31-39(63(5,6)7)32-50(60(49)68)64(8,9)10)51-28-27-43-56-42-22-15-17-26-54(42)70-61(56)48-33-46-40-21-14-16-25-53(40)69-55(46)34-47(48)57(43)65-51/h11-36,68H,1-10H3. The van der Waals surface area contributed by atoms with Crippen molar-refractivity contribution in [2.24, 2.45) is 0 Å². The molecule has 6 heteroatoms. The maximum absolute atomic E-state index is 12.7. The van der Waals surface area contributed by atoms with E-state index < -0.39 is 0 Å². The van der Waals surface area contributed by atoms with E-state index in [9.17, 15) is 5.11 Å². The zero-order valence-corrected chi connectivity index (χ0v) is 41.6. The number of pyridine rings is 1. The lowest BCUT2D eigenvalue weighted by Crippen LogP contribution is -2.17. The number of phenolic OH excluding ortho intramolecular Hbond substituents is 1. The molecular formula is C64H57N3O3. The van der Waals surface area contributed by atoms with Crippen LogP contribution in [0.2, 0.25) is 0 Å². The van der Waals surface area contributed by atoms with Crippen LogP contribution in [0.25, 0.3) is 116 Å². The normalized spacial score (nSPS) is 12.7. The van der Waals surface area contributed by atoms with Crippen LogP contribution >= 0.6 is 0 Å².